The monoisotopic (exact) mass is 422 g/mol. The Balaban J connectivity index is 3.28. The molecule has 0 aliphatic heterocycles. The summed E-state index contributed by atoms with van der Waals surface area (Å²) >= 11 is 0. The van der Waals surface area contributed by atoms with Crippen LogP contribution in [0, 0.1) is 5.92 Å². The van der Waals surface area contributed by atoms with Gasteiger partial charge in [0, 0.05) is 5.92 Å². The van der Waals surface area contributed by atoms with E-state index < -0.39 is 0 Å². The summed E-state index contributed by atoms with van der Waals surface area (Å²) < 4.78 is 0. The maximum Gasteiger partial charge on any atom is 0.123 e. The molecule has 180 valence electrons. The first kappa shape index (κ1) is 29.7. The van der Waals surface area contributed by atoms with Crippen LogP contribution in [0.4, 0.5) is 0 Å². The minimum Gasteiger partial charge on any atom is -0.303 e. The number of hydrogen-bond acceptors (Lipinski definition) is 1. The predicted molar refractivity (Wildman–Crippen MR) is 136 cm³/mol. The summed E-state index contributed by atoms with van der Waals surface area (Å²) in [7, 11) is 0. The fraction of sp³-hybridized carbons (Fsp3) is 0.966. The van der Waals surface area contributed by atoms with Crippen molar-refractivity contribution in [2.45, 2.75) is 174 Å². The molecule has 1 atom stereocenters. The zero-order valence-electron chi connectivity index (χ0n) is 21.2. The van der Waals surface area contributed by atoms with Gasteiger partial charge in [-0.3, -0.25) is 0 Å². The molecule has 0 spiro atoms. The fourth-order valence-electron chi connectivity index (χ4n) is 4.60. The third-order valence-corrected chi connectivity index (χ3v) is 6.80. The topological polar surface area (TPSA) is 17.1 Å². The van der Waals surface area contributed by atoms with Crippen LogP contribution in [0.1, 0.15) is 174 Å². The average Bonchev–Trinajstić information content (AvgIpc) is 2.76. The van der Waals surface area contributed by atoms with Gasteiger partial charge in [-0.25, -0.2) is 0 Å². The summed E-state index contributed by atoms with van der Waals surface area (Å²) in [4.78, 5) is 11.4. The Labute approximate surface area is 191 Å². The highest BCUT2D eigenvalue weighted by Crippen LogP contribution is 2.18. The van der Waals surface area contributed by atoms with Gasteiger partial charge in [-0.2, -0.15) is 0 Å². The van der Waals surface area contributed by atoms with Crippen molar-refractivity contribution >= 4 is 6.29 Å². The van der Waals surface area contributed by atoms with Gasteiger partial charge in [0.2, 0.25) is 0 Å². The minimum atomic E-state index is 0.340. The van der Waals surface area contributed by atoms with Crippen LogP contribution in [0.15, 0.2) is 0 Å². The third-order valence-electron chi connectivity index (χ3n) is 6.80. The van der Waals surface area contributed by atoms with E-state index in [1.807, 2.05) is 0 Å². The maximum absolute atomic E-state index is 11.4. The Morgan fingerprint density at radius 2 is 0.633 bits per heavy atom. The molecule has 0 aromatic carbocycles. The van der Waals surface area contributed by atoms with Crippen LogP contribution in [0.3, 0.4) is 0 Å². The molecule has 1 heteroatoms. The number of unbranched alkanes of at least 4 members (excludes halogenated alkanes) is 21. The molecule has 0 rings (SSSR count). The second kappa shape index (κ2) is 26.7. The largest absolute Gasteiger partial charge is 0.303 e. The number of carbonyl (C=O) groups excluding carboxylic acids is 1. The summed E-state index contributed by atoms with van der Waals surface area (Å²) in [5.74, 6) is 0.340. The molecule has 0 saturated heterocycles. The summed E-state index contributed by atoms with van der Waals surface area (Å²) in [6.45, 7) is 4.57. The Morgan fingerprint density at radius 1 is 0.400 bits per heavy atom. The highest BCUT2D eigenvalue weighted by molar-refractivity contribution is 5.53. The Kier molecular flexibility index (Phi) is 26.4. The molecular formula is C29H58O. The van der Waals surface area contributed by atoms with Gasteiger partial charge in [0.1, 0.15) is 6.29 Å². The average molecular weight is 423 g/mol. The third kappa shape index (κ3) is 23.9. The standard InChI is InChI=1S/C29H58O/c1-3-5-7-9-11-13-15-17-19-21-23-25-27-29(28-30)26-24-22-20-18-16-14-12-10-8-6-4-2/h28-29H,3-27H2,1-2H3. The van der Waals surface area contributed by atoms with E-state index in [0.717, 1.165) is 12.8 Å². The second-order valence-corrected chi connectivity index (χ2v) is 9.90. The van der Waals surface area contributed by atoms with Gasteiger partial charge in [-0.05, 0) is 12.8 Å². The van der Waals surface area contributed by atoms with Gasteiger partial charge in [0.25, 0.3) is 0 Å². The fourth-order valence-corrected chi connectivity index (χ4v) is 4.60. The highest BCUT2D eigenvalue weighted by atomic mass is 16.1. The number of rotatable bonds is 26. The normalized spacial score (nSPS) is 12.3. The number of aldehydes is 1. The molecule has 0 saturated carbocycles. The van der Waals surface area contributed by atoms with E-state index in [4.69, 9.17) is 0 Å². The van der Waals surface area contributed by atoms with Gasteiger partial charge in [0.15, 0.2) is 0 Å². The van der Waals surface area contributed by atoms with Gasteiger partial charge < -0.3 is 4.79 Å². The van der Waals surface area contributed by atoms with Gasteiger partial charge in [-0.1, -0.05) is 162 Å². The van der Waals surface area contributed by atoms with Crippen molar-refractivity contribution < 1.29 is 4.79 Å². The lowest BCUT2D eigenvalue weighted by molar-refractivity contribution is -0.111. The van der Waals surface area contributed by atoms with Crippen LogP contribution in [0.25, 0.3) is 0 Å². The van der Waals surface area contributed by atoms with Crippen molar-refractivity contribution in [3.8, 4) is 0 Å². The zero-order valence-corrected chi connectivity index (χ0v) is 21.2. The molecule has 0 aromatic rings. The SMILES string of the molecule is CCCCCCCCCCCCCCC(C=O)CCCCCCCCCCCCC. The van der Waals surface area contributed by atoms with Gasteiger partial charge in [0.05, 0.1) is 0 Å². The molecule has 0 radical (unpaired) electrons. The lowest BCUT2D eigenvalue weighted by Gasteiger charge is -2.10. The van der Waals surface area contributed by atoms with Crippen LogP contribution >= 0.6 is 0 Å². The Bertz CT molecular complexity index is 311. The molecule has 0 aromatic heterocycles. The predicted octanol–water partition coefficient (Wildman–Crippen LogP) is 10.6. The van der Waals surface area contributed by atoms with E-state index in [9.17, 15) is 4.79 Å². The molecule has 1 nitrogen and oxygen atoms in total. The lowest BCUT2D eigenvalue weighted by atomic mass is 9.95. The van der Waals surface area contributed by atoms with Gasteiger partial charge >= 0.3 is 0 Å². The second-order valence-electron chi connectivity index (χ2n) is 9.90. The summed E-state index contributed by atoms with van der Waals surface area (Å²) in [5, 5.41) is 0. The van der Waals surface area contributed by atoms with Crippen LogP contribution in [0.5, 0.6) is 0 Å². The van der Waals surface area contributed by atoms with E-state index in [0.29, 0.717) is 5.92 Å². The first-order valence-corrected chi connectivity index (χ1v) is 14.3. The van der Waals surface area contributed by atoms with E-state index in [-0.39, 0.29) is 0 Å². The van der Waals surface area contributed by atoms with Crippen LogP contribution < -0.4 is 0 Å². The lowest BCUT2D eigenvalue weighted by Crippen LogP contribution is -2.02. The molecule has 1 unspecified atom stereocenters. The first-order chi connectivity index (χ1) is 14.8. The van der Waals surface area contributed by atoms with E-state index in [1.54, 1.807) is 0 Å². The molecule has 0 heterocycles. The van der Waals surface area contributed by atoms with E-state index in [2.05, 4.69) is 13.8 Å². The summed E-state index contributed by atoms with van der Waals surface area (Å²) in [5.41, 5.74) is 0. The van der Waals surface area contributed by atoms with Crippen LogP contribution in [-0.2, 0) is 4.79 Å². The van der Waals surface area contributed by atoms with Crippen molar-refractivity contribution in [1.29, 1.82) is 0 Å². The number of hydrogen-bond donors (Lipinski definition) is 0. The molecule has 0 aliphatic rings. The van der Waals surface area contributed by atoms with E-state index in [1.165, 1.54) is 154 Å². The quantitative estimate of drug-likeness (QED) is 0.1000. The summed E-state index contributed by atoms with van der Waals surface area (Å²) in [6, 6.07) is 0. The van der Waals surface area contributed by atoms with Crippen LogP contribution in [-0.4, -0.2) is 6.29 Å². The zero-order chi connectivity index (χ0) is 22.0. The smallest absolute Gasteiger partial charge is 0.123 e. The molecular weight excluding hydrogens is 364 g/mol. The Morgan fingerprint density at radius 3 is 0.867 bits per heavy atom. The van der Waals surface area contributed by atoms with Crippen molar-refractivity contribution in [2.75, 3.05) is 0 Å². The molecule has 0 N–H and O–H groups in total. The highest BCUT2D eigenvalue weighted by Gasteiger charge is 2.06. The first-order valence-electron chi connectivity index (χ1n) is 14.3. The van der Waals surface area contributed by atoms with E-state index >= 15 is 0 Å². The molecule has 0 aliphatic carbocycles. The molecule has 30 heavy (non-hydrogen) atoms. The maximum atomic E-state index is 11.4. The van der Waals surface area contributed by atoms with Crippen molar-refractivity contribution in [3.63, 3.8) is 0 Å². The summed E-state index contributed by atoms with van der Waals surface area (Å²) in [6.07, 6.45) is 35.6. The molecule has 0 amide bonds. The Hall–Kier alpha value is -0.330. The van der Waals surface area contributed by atoms with Crippen molar-refractivity contribution in [1.82, 2.24) is 0 Å². The van der Waals surface area contributed by atoms with Gasteiger partial charge in [-0.15, -0.1) is 0 Å². The minimum absolute atomic E-state index is 0.340. The molecule has 0 bridgehead atoms. The van der Waals surface area contributed by atoms with Crippen molar-refractivity contribution in [2.24, 2.45) is 5.92 Å². The molecule has 0 fully saturated rings. The van der Waals surface area contributed by atoms with Crippen LogP contribution in [0.2, 0.25) is 0 Å². The number of carbonyl (C=O) groups is 1. The van der Waals surface area contributed by atoms with Crippen molar-refractivity contribution in [3.05, 3.63) is 0 Å².